The van der Waals surface area contributed by atoms with Crippen molar-refractivity contribution in [1.29, 1.82) is 5.26 Å². The van der Waals surface area contributed by atoms with E-state index in [1.54, 1.807) is 19.1 Å². The van der Waals surface area contributed by atoms with Crippen molar-refractivity contribution in [3.8, 4) is 6.07 Å². The van der Waals surface area contributed by atoms with Crippen LogP contribution in [0, 0.1) is 24.2 Å². The zero-order valence-electron chi connectivity index (χ0n) is 12.7. The molecule has 0 aliphatic carbocycles. The van der Waals surface area contributed by atoms with Crippen LogP contribution in [-0.4, -0.2) is 34.2 Å². The number of ether oxygens (including phenoxy) is 1. The van der Waals surface area contributed by atoms with E-state index in [2.05, 4.69) is 20.4 Å². The first-order valence-corrected chi connectivity index (χ1v) is 7.45. The molecule has 1 amide bonds. The monoisotopic (exact) mass is 315 g/mol. The van der Waals surface area contributed by atoms with Gasteiger partial charge in [0.15, 0.2) is 5.82 Å². The summed E-state index contributed by atoms with van der Waals surface area (Å²) in [6, 6.07) is 4.73. The molecule has 0 unspecified atom stereocenters. The van der Waals surface area contributed by atoms with Gasteiger partial charge in [0.2, 0.25) is 5.89 Å². The maximum atomic E-state index is 12.4. The van der Waals surface area contributed by atoms with Crippen LogP contribution in [0.1, 0.15) is 46.8 Å². The fourth-order valence-electron chi connectivity index (χ4n) is 2.68. The van der Waals surface area contributed by atoms with E-state index >= 15 is 0 Å². The highest BCUT2D eigenvalue weighted by atomic mass is 16.5. The first-order valence-electron chi connectivity index (χ1n) is 7.45. The Hall–Kier alpha value is -2.66. The van der Waals surface area contributed by atoms with Crippen LogP contribution in [0.2, 0.25) is 0 Å². The Morgan fingerprint density at radius 2 is 2.26 bits per heavy atom. The lowest BCUT2D eigenvalue weighted by atomic mass is 9.91. The van der Waals surface area contributed by atoms with Crippen molar-refractivity contribution < 1.29 is 14.1 Å². The van der Waals surface area contributed by atoms with Crippen LogP contribution in [0.4, 0.5) is 0 Å². The zero-order chi connectivity index (χ0) is 16.2. The number of rotatable bonds is 4. The molecule has 1 saturated heterocycles. The molecule has 0 saturated carbocycles. The number of nitrogens with zero attached hydrogens (tertiary/aromatic N) is 3. The SMILES string of the molecule is Cc1noc([C@@H](NC(=O)c2ccc(C#N)[nH]2)C2CCOCC2)n1. The molecular weight excluding hydrogens is 298 g/mol. The van der Waals surface area contributed by atoms with E-state index < -0.39 is 0 Å². The zero-order valence-corrected chi connectivity index (χ0v) is 12.7. The fraction of sp³-hybridized carbons (Fsp3) is 0.467. The second-order valence-electron chi connectivity index (χ2n) is 5.48. The number of hydrogen-bond donors (Lipinski definition) is 2. The first kappa shape index (κ1) is 15.2. The van der Waals surface area contributed by atoms with Crippen LogP contribution < -0.4 is 5.32 Å². The molecule has 23 heavy (non-hydrogen) atoms. The molecule has 1 aliphatic rings. The number of carbonyl (C=O) groups is 1. The predicted octanol–water partition coefficient (Wildman–Crippen LogP) is 1.48. The molecule has 1 atom stereocenters. The van der Waals surface area contributed by atoms with E-state index in [4.69, 9.17) is 14.5 Å². The fourth-order valence-corrected chi connectivity index (χ4v) is 2.68. The van der Waals surface area contributed by atoms with Gasteiger partial charge in [-0.3, -0.25) is 4.79 Å². The number of aromatic amines is 1. The van der Waals surface area contributed by atoms with E-state index in [0.717, 1.165) is 12.8 Å². The van der Waals surface area contributed by atoms with Crippen molar-refractivity contribution in [2.45, 2.75) is 25.8 Å². The molecule has 1 fully saturated rings. The predicted molar refractivity (Wildman–Crippen MR) is 78.3 cm³/mol. The minimum absolute atomic E-state index is 0.165. The van der Waals surface area contributed by atoms with Crippen LogP contribution in [0.25, 0.3) is 0 Å². The molecule has 8 nitrogen and oxygen atoms in total. The van der Waals surface area contributed by atoms with Gasteiger partial charge in [0.25, 0.3) is 5.91 Å². The number of hydrogen-bond acceptors (Lipinski definition) is 6. The summed E-state index contributed by atoms with van der Waals surface area (Å²) in [5.41, 5.74) is 0.668. The summed E-state index contributed by atoms with van der Waals surface area (Å²) in [7, 11) is 0. The molecule has 0 spiro atoms. The highest BCUT2D eigenvalue weighted by Crippen LogP contribution is 2.29. The summed E-state index contributed by atoms with van der Waals surface area (Å²) < 4.78 is 10.6. The van der Waals surface area contributed by atoms with E-state index in [9.17, 15) is 4.79 Å². The van der Waals surface area contributed by atoms with Crippen molar-refractivity contribution in [3.63, 3.8) is 0 Å². The van der Waals surface area contributed by atoms with Gasteiger partial charge < -0.3 is 19.6 Å². The largest absolute Gasteiger partial charge is 0.381 e. The lowest BCUT2D eigenvalue weighted by Crippen LogP contribution is -2.36. The van der Waals surface area contributed by atoms with Crippen LogP contribution in [0.3, 0.4) is 0 Å². The quantitative estimate of drug-likeness (QED) is 0.882. The second kappa shape index (κ2) is 6.62. The van der Waals surface area contributed by atoms with Gasteiger partial charge in [-0.1, -0.05) is 5.16 Å². The van der Waals surface area contributed by atoms with Gasteiger partial charge in [0.1, 0.15) is 23.5 Å². The molecule has 2 aromatic rings. The van der Waals surface area contributed by atoms with Crippen LogP contribution in [-0.2, 0) is 4.74 Å². The van der Waals surface area contributed by atoms with Gasteiger partial charge in [0, 0.05) is 13.2 Å². The third-order valence-electron chi connectivity index (χ3n) is 3.88. The topological polar surface area (TPSA) is 117 Å². The molecule has 2 N–H and O–H groups in total. The summed E-state index contributed by atoms with van der Waals surface area (Å²) >= 11 is 0. The van der Waals surface area contributed by atoms with E-state index in [1.807, 2.05) is 6.07 Å². The Bertz CT molecular complexity index is 724. The van der Waals surface area contributed by atoms with Crippen molar-refractivity contribution >= 4 is 5.91 Å². The highest BCUT2D eigenvalue weighted by Gasteiger charge is 2.31. The lowest BCUT2D eigenvalue weighted by Gasteiger charge is -2.28. The van der Waals surface area contributed by atoms with Crippen molar-refractivity contribution in [2.24, 2.45) is 5.92 Å². The smallest absolute Gasteiger partial charge is 0.268 e. The Kier molecular flexibility index (Phi) is 4.39. The first-order chi connectivity index (χ1) is 11.2. The van der Waals surface area contributed by atoms with Crippen molar-refractivity contribution in [2.75, 3.05) is 13.2 Å². The molecule has 2 aromatic heterocycles. The van der Waals surface area contributed by atoms with E-state index in [-0.39, 0.29) is 17.9 Å². The van der Waals surface area contributed by atoms with Crippen molar-refractivity contribution in [3.05, 3.63) is 35.2 Å². The van der Waals surface area contributed by atoms with Crippen LogP contribution in [0.15, 0.2) is 16.7 Å². The number of nitriles is 1. The van der Waals surface area contributed by atoms with Gasteiger partial charge in [-0.15, -0.1) is 0 Å². The van der Waals surface area contributed by atoms with Crippen LogP contribution >= 0.6 is 0 Å². The standard InChI is InChI=1S/C15H17N5O3/c1-9-17-15(23-20-9)13(10-4-6-22-7-5-10)19-14(21)12-3-2-11(8-16)18-12/h2-3,10,13,18H,4-7H2,1H3,(H,19,21)/t13-/m0/s1. The van der Waals surface area contributed by atoms with E-state index in [1.165, 1.54) is 0 Å². The maximum absolute atomic E-state index is 12.4. The minimum atomic E-state index is -0.374. The number of H-pyrrole nitrogens is 1. The molecule has 1 aliphatic heterocycles. The molecule has 3 rings (SSSR count). The number of nitrogens with one attached hydrogen (secondary N) is 2. The molecule has 120 valence electrons. The Morgan fingerprint density at radius 1 is 1.48 bits per heavy atom. The second-order valence-corrected chi connectivity index (χ2v) is 5.48. The third kappa shape index (κ3) is 3.40. The summed E-state index contributed by atoms with van der Waals surface area (Å²) in [5, 5.41) is 15.6. The average Bonchev–Trinajstić information content (AvgIpc) is 3.22. The Labute approximate surface area is 132 Å². The maximum Gasteiger partial charge on any atom is 0.268 e. The Balaban J connectivity index is 1.80. The molecule has 0 radical (unpaired) electrons. The van der Waals surface area contributed by atoms with Gasteiger partial charge in [-0.25, -0.2) is 0 Å². The van der Waals surface area contributed by atoms with E-state index in [0.29, 0.717) is 36.3 Å². The summed E-state index contributed by atoms with van der Waals surface area (Å²) in [6.45, 7) is 3.02. The summed E-state index contributed by atoms with van der Waals surface area (Å²) in [6.07, 6.45) is 1.61. The molecule has 0 bridgehead atoms. The highest BCUT2D eigenvalue weighted by molar-refractivity contribution is 5.92. The molecule has 0 aromatic carbocycles. The van der Waals surface area contributed by atoms with Gasteiger partial charge in [0.05, 0.1) is 0 Å². The summed E-state index contributed by atoms with van der Waals surface area (Å²) in [4.78, 5) is 19.5. The van der Waals surface area contributed by atoms with Crippen LogP contribution in [0.5, 0.6) is 0 Å². The van der Waals surface area contributed by atoms with Gasteiger partial charge in [-0.2, -0.15) is 10.2 Å². The number of carbonyl (C=O) groups excluding carboxylic acids is 1. The molecule has 8 heteroatoms. The number of amides is 1. The average molecular weight is 315 g/mol. The summed E-state index contributed by atoms with van der Waals surface area (Å²) in [5.74, 6) is 0.782. The van der Waals surface area contributed by atoms with Crippen molar-refractivity contribution in [1.82, 2.24) is 20.4 Å². The number of aryl methyl sites for hydroxylation is 1. The third-order valence-corrected chi connectivity index (χ3v) is 3.88. The van der Waals surface area contributed by atoms with Gasteiger partial charge >= 0.3 is 0 Å². The lowest BCUT2D eigenvalue weighted by molar-refractivity contribution is 0.0467. The minimum Gasteiger partial charge on any atom is -0.381 e. The molecular formula is C15H17N5O3. The normalized spacial score (nSPS) is 16.7. The van der Waals surface area contributed by atoms with Gasteiger partial charge in [-0.05, 0) is 37.8 Å². The number of aromatic nitrogens is 3. The molecule has 3 heterocycles. The Morgan fingerprint density at radius 3 is 2.87 bits per heavy atom.